The van der Waals surface area contributed by atoms with Gasteiger partial charge in [0.15, 0.2) is 5.60 Å². The Morgan fingerprint density at radius 1 is 1.16 bits per heavy atom. The van der Waals surface area contributed by atoms with Gasteiger partial charge in [-0.15, -0.1) is 0 Å². The highest BCUT2D eigenvalue weighted by Crippen LogP contribution is 2.43. The van der Waals surface area contributed by atoms with Gasteiger partial charge in [0, 0.05) is 10.6 Å². The molecule has 1 aliphatic rings. The predicted molar refractivity (Wildman–Crippen MR) is 76.9 cm³/mol. The molecule has 1 atom stereocenters. The molecule has 0 fully saturated rings. The summed E-state index contributed by atoms with van der Waals surface area (Å²) in [7, 11) is 0. The Bertz CT molecular complexity index is 696. The van der Waals surface area contributed by atoms with Crippen molar-refractivity contribution in [3.05, 3.63) is 64.2 Å². The molecule has 3 rings (SSSR count). The summed E-state index contributed by atoms with van der Waals surface area (Å²) in [5.74, 6) is 0.180. The molecule has 2 aromatic carbocycles. The lowest BCUT2D eigenvalue weighted by Crippen LogP contribution is -2.40. The molecule has 0 saturated heterocycles. The second kappa shape index (κ2) is 4.08. The number of halogens is 1. The number of rotatable bonds is 1. The van der Waals surface area contributed by atoms with Gasteiger partial charge in [0.2, 0.25) is 0 Å². The van der Waals surface area contributed by atoms with Gasteiger partial charge in [0.1, 0.15) is 5.84 Å². The van der Waals surface area contributed by atoms with Crippen LogP contribution in [0.25, 0.3) is 0 Å². The summed E-state index contributed by atoms with van der Waals surface area (Å²) in [5, 5.41) is 11.6. The first-order valence-corrected chi connectivity index (χ1v) is 6.34. The van der Waals surface area contributed by atoms with Crippen LogP contribution in [0.5, 0.6) is 0 Å². The van der Waals surface area contributed by atoms with E-state index in [1.807, 2.05) is 31.2 Å². The van der Waals surface area contributed by atoms with Crippen LogP contribution >= 0.6 is 11.6 Å². The average molecular weight is 273 g/mol. The number of nitrogens with two attached hydrogens (primary N) is 1. The van der Waals surface area contributed by atoms with Crippen molar-refractivity contribution in [2.45, 2.75) is 12.5 Å². The summed E-state index contributed by atoms with van der Waals surface area (Å²) in [5.41, 5.74) is 7.55. The van der Waals surface area contributed by atoms with Gasteiger partial charge in [0.05, 0.1) is 5.69 Å². The number of aryl methyl sites for hydroxylation is 1. The van der Waals surface area contributed by atoms with Crippen LogP contribution in [0.15, 0.2) is 47.5 Å². The molecule has 19 heavy (non-hydrogen) atoms. The number of benzene rings is 2. The van der Waals surface area contributed by atoms with Crippen molar-refractivity contribution in [1.82, 2.24) is 0 Å². The van der Waals surface area contributed by atoms with Gasteiger partial charge in [-0.1, -0.05) is 35.9 Å². The van der Waals surface area contributed by atoms with Crippen molar-refractivity contribution in [2.75, 3.05) is 0 Å². The van der Waals surface area contributed by atoms with Gasteiger partial charge in [-0.05, 0) is 36.2 Å². The summed E-state index contributed by atoms with van der Waals surface area (Å²) in [6.45, 7) is 1.93. The third-order valence-corrected chi connectivity index (χ3v) is 3.73. The molecule has 1 aliphatic heterocycles. The molecule has 0 aromatic heterocycles. The fourth-order valence-electron chi connectivity index (χ4n) is 2.51. The molecule has 0 radical (unpaired) electrons. The lowest BCUT2D eigenvalue weighted by atomic mass is 9.84. The summed E-state index contributed by atoms with van der Waals surface area (Å²) < 4.78 is 0. The minimum Gasteiger partial charge on any atom is -0.384 e. The number of nitrogens with zero attached hydrogens (tertiary/aromatic N) is 1. The highest BCUT2D eigenvalue weighted by Gasteiger charge is 2.43. The number of amidine groups is 1. The van der Waals surface area contributed by atoms with E-state index in [2.05, 4.69) is 4.99 Å². The number of aliphatic hydroxyl groups is 1. The van der Waals surface area contributed by atoms with Gasteiger partial charge in [-0.25, -0.2) is 4.99 Å². The Hall–Kier alpha value is -1.84. The van der Waals surface area contributed by atoms with Gasteiger partial charge in [-0.2, -0.15) is 0 Å². The zero-order valence-corrected chi connectivity index (χ0v) is 11.1. The smallest absolute Gasteiger partial charge is 0.174 e. The third-order valence-electron chi connectivity index (χ3n) is 3.49. The van der Waals surface area contributed by atoms with Crippen molar-refractivity contribution < 1.29 is 5.11 Å². The average Bonchev–Trinajstić information content (AvgIpc) is 2.64. The van der Waals surface area contributed by atoms with E-state index in [0.29, 0.717) is 16.3 Å². The van der Waals surface area contributed by atoms with Crippen LogP contribution in [-0.4, -0.2) is 10.9 Å². The highest BCUT2D eigenvalue weighted by molar-refractivity contribution is 6.30. The van der Waals surface area contributed by atoms with Crippen molar-refractivity contribution in [3.8, 4) is 0 Å². The topological polar surface area (TPSA) is 58.6 Å². The Balaban J connectivity index is 2.29. The van der Waals surface area contributed by atoms with Crippen LogP contribution in [0.2, 0.25) is 5.02 Å². The first kappa shape index (κ1) is 12.2. The van der Waals surface area contributed by atoms with Gasteiger partial charge in [-0.3, -0.25) is 0 Å². The minimum absolute atomic E-state index is 0.180. The highest BCUT2D eigenvalue weighted by atomic mass is 35.5. The van der Waals surface area contributed by atoms with E-state index in [1.165, 1.54) is 0 Å². The zero-order chi connectivity index (χ0) is 13.6. The number of hydrogen-bond acceptors (Lipinski definition) is 3. The molecule has 3 nitrogen and oxygen atoms in total. The Kier molecular flexibility index (Phi) is 2.62. The van der Waals surface area contributed by atoms with Gasteiger partial charge in [0.25, 0.3) is 0 Å². The van der Waals surface area contributed by atoms with Crippen molar-refractivity contribution in [3.63, 3.8) is 0 Å². The maximum atomic E-state index is 11.1. The number of hydrogen-bond donors (Lipinski definition) is 2. The molecule has 1 heterocycles. The Labute approximate surface area is 116 Å². The van der Waals surface area contributed by atoms with Crippen LogP contribution in [0, 0.1) is 6.92 Å². The lowest BCUT2D eigenvalue weighted by Gasteiger charge is -2.26. The van der Waals surface area contributed by atoms with E-state index < -0.39 is 5.60 Å². The van der Waals surface area contributed by atoms with E-state index in [9.17, 15) is 5.11 Å². The SMILES string of the molecule is Cc1ccccc1C1(O)C(N)=Nc2ccc(Cl)cc21. The molecular formula is C15H13ClN2O. The molecule has 1 unspecified atom stereocenters. The second-order valence-electron chi connectivity index (χ2n) is 4.68. The number of aliphatic imine (C=N–C) groups is 1. The van der Waals surface area contributed by atoms with Crippen LogP contribution in [0.1, 0.15) is 16.7 Å². The largest absolute Gasteiger partial charge is 0.384 e. The molecule has 96 valence electrons. The van der Waals surface area contributed by atoms with Crippen molar-refractivity contribution in [1.29, 1.82) is 0 Å². The maximum Gasteiger partial charge on any atom is 0.174 e. The molecule has 2 aromatic rings. The fraction of sp³-hybridized carbons (Fsp3) is 0.133. The first-order valence-electron chi connectivity index (χ1n) is 5.96. The monoisotopic (exact) mass is 272 g/mol. The summed E-state index contributed by atoms with van der Waals surface area (Å²) >= 11 is 6.02. The molecular weight excluding hydrogens is 260 g/mol. The second-order valence-corrected chi connectivity index (χ2v) is 5.12. The van der Waals surface area contributed by atoms with E-state index in [-0.39, 0.29) is 5.84 Å². The quantitative estimate of drug-likeness (QED) is 0.839. The fourth-order valence-corrected chi connectivity index (χ4v) is 2.68. The Morgan fingerprint density at radius 3 is 2.63 bits per heavy atom. The van der Waals surface area contributed by atoms with E-state index >= 15 is 0 Å². The van der Waals surface area contributed by atoms with Crippen LogP contribution < -0.4 is 5.73 Å². The van der Waals surface area contributed by atoms with Crippen molar-refractivity contribution >= 4 is 23.1 Å². The van der Waals surface area contributed by atoms with Crippen LogP contribution in [0.4, 0.5) is 5.69 Å². The lowest BCUT2D eigenvalue weighted by molar-refractivity contribution is 0.158. The zero-order valence-electron chi connectivity index (χ0n) is 10.4. The Morgan fingerprint density at radius 2 is 1.89 bits per heavy atom. The summed E-state index contributed by atoms with van der Waals surface area (Å²) in [6, 6.07) is 12.8. The molecule has 0 amide bonds. The normalized spacial score (nSPS) is 21.1. The molecule has 0 aliphatic carbocycles. The summed E-state index contributed by atoms with van der Waals surface area (Å²) in [4.78, 5) is 4.25. The summed E-state index contributed by atoms with van der Waals surface area (Å²) in [6.07, 6.45) is 0. The standard InChI is InChI=1S/C15H13ClN2O/c1-9-4-2-3-5-11(9)15(19)12-8-10(16)6-7-13(12)18-14(15)17/h2-8,19H,1H3,(H2,17,18). The number of fused-ring (bicyclic) bond motifs is 1. The van der Waals surface area contributed by atoms with E-state index in [0.717, 1.165) is 11.1 Å². The molecule has 4 heteroatoms. The van der Waals surface area contributed by atoms with Gasteiger partial charge >= 0.3 is 0 Å². The first-order chi connectivity index (χ1) is 9.03. The maximum absolute atomic E-state index is 11.1. The van der Waals surface area contributed by atoms with E-state index in [4.69, 9.17) is 17.3 Å². The minimum atomic E-state index is -1.40. The molecule has 0 bridgehead atoms. The third kappa shape index (κ3) is 1.66. The van der Waals surface area contributed by atoms with Gasteiger partial charge < -0.3 is 10.8 Å². The van der Waals surface area contributed by atoms with Crippen LogP contribution in [-0.2, 0) is 5.60 Å². The van der Waals surface area contributed by atoms with Crippen molar-refractivity contribution in [2.24, 2.45) is 10.7 Å². The molecule has 0 saturated carbocycles. The van der Waals surface area contributed by atoms with Crippen LogP contribution in [0.3, 0.4) is 0 Å². The molecule has 0 spiro atoms. The van der Waals surface area contributed by atoms with E-state index in [1.54, 1.807) is 18.2 Å². The molecule has 3 N–H and O–H groups in total. The predicted octanol–water partition coefficient (Wildman–Crippen LogP) is 2.89.